The maximum Gasteiger partial charge on any atom is 0.279 e. The molecule has 0 fully saturated rings. The predicted molar refractivity (Wildman–Crippen MR) is 98.3 cm³/mol. The highest BCUT2D eigenvalue weighted by molar-refractivity contribution is 7.14. The van der Waals surface area contributed by atoms with Crippen molar-refractivity contribution >= 4 is 28.8 Å². The molecule has 2 amide bonds. The summed E-state index contributed by atoms with van der Waals surface area (Å²) in [6.45, 7) is 3.76. The largest absolute Gasteiger partial charge is 0.279 e. The number of carbonyl (C=O) groups excluding carboxylic acids is 2. The molecule has 0 bridgehead atoms. The maximum absolute atomic E-state index is 12.3. The fourth-order valence-corrected chi connectivity index (χ4v) is 4.17. The molecule has 2 N–H and O–H groups in total. The first-order valence-corrected chi connectivity index (χ1v) is 9.14. The van der Waals surface area contributed by atoms with Gasteiger partial charge in [0, 0.05) is 22.1 Å². The first-order valence-electron chi connectivity index (χ1n) is 8.32. The van der Waals surface area contributed by atoms with E-state index in [1.807, 2.05) is 6.07 Å². The molecule has 26 heavy (non-hydrogen) atoms. The lowest BCUT2D eigenvalue weighted by Gasteiger charge is -2.16. The molecule has 136 valence electrons. The van der Waals surface area contributed by atoms with Crippen molar-refractivity contribution in [3.63, 3.8) is 0 Å². The van der Waals surface area contributed by atoms with Crippen molar-refractivity contribution in [2.24, 2.45) is 5.92 Å². The monoisotopic (exact) mass is 373 g/mol. The standard InChI is InChI=1S/C18H19N3O4S/c1-10-3-6-15-13(7-10)9-16(26-15)18(23)20-19-17(22)12-4-5-14(21(24)25)11(2)8-12/h4-5,8-10H,3,6-7H2,1-2H3,(H,19,22)(H,20,23)/t10-/m0/s1. The zero-order valence-electron chi connectivity index (χ0n) is 14.5. The number of nitrogens with one attached hydrogen (secondary N) is 2. The minimum absolute atomic E-state index is 0.0519. The van der Waals surface area contributed by atoms with E-state index >= 15 is 0 Å². The van der Waals surface area contributed by atoms with Gasteiger partial charge in [0.25, 0.3) is 17.5 Å². The molecule has 1 aliphatic rings. The summed E-state index contributed by atoms with van der Waals surface area (Å²) in [6.07, 6.45) is 3.10. The Morgan fingerprint density at radius 2 is 1.96 bits per heavy atom. The van der Waals surface area contributed by atoms with Gasteiger partial charge < -0.3 is 0 Å². The molecular weight excluding hydrogens is 354 g/mol. The lowest BCUT2D eigenvalue weighted by molar-refractivity contribution is -0.385. The fourth-order valence-electron chi connectivity index (χ4n) is 3.07. The van der Waals surface area contributed by atoms with E-state index in [4.69, 9.17) is 0 Å². The molecule has 0 saturated heterocycles. The number of rotatable bonds is 3. The maximum atomic E-state index is 12.3. The smallest absolute Gasteiger partial charge is 0.267 e. The molecule has 1 aliphatic carbocycles. The number of amides is 2. The van der Waals surface area contributed by atoms with Crippen molar-refractivity contribution in [2.75, 3.05) is 0 Å². The second kappa shape index (κ2) is 7.25. The van der Waals surface area contributed by atoms with Gasteiger partial charge in [0.15, 0.2) is 0 Å². The molecule has 3 rings (SSSR count). The molecule has 7 nitrogen and oxygen atoms in total. The van der Waals surface area contributed by atoms with Gasteiger partial charge in [0.1, 0.15) is 0 Å². The molecule has 0 radical (unpaired) electrons. The van der Waals surface area contributed by atoms with Gasteiger partial charge in [-0.25, -0.2) is 0 Å². The molecule has 2 aromatic rings. The molecule has 1 aromatic carbocycles. The summed E-state index contributed by atoms with van der Waals surface area (Å²) in [5, 5.41) is 10.8. The Morgan fingerprint density at radius 3 is 2.65 bits per heavy atom. The van der Waals surface area contributed by atoms with Gasteiger partial charge in [0.2, 0.25) is 0 Å². The first kappa shape index (κ1) is 18.1. The number of thiophene rings is 1. The van der Waals surface area contributed by atoms with Crippen LogP contribution in [-0.2, 0) is 12.8 Å². The number of carbonyl (C=O) groups is 2. The highest BCUT2D eigenvalue weighted by atomic mass is 32.1. The SMILES string of the molecule is Cc1cc(C(=O)NNC(=O)c2cc3c(s2)CC[C@H](C)C3)ccc1[N+](=O)[O-]. The Morgan fingerprint density at radius 1 is 1.23 bits per heavy atom. The summed E-state index contributed by atoms with van der Waals surface area (Å²) in [7, 11) is 0. The summed E-state index contributed by atoms with van der Waals surface area (Å²) in [5.41, 5.74) is 6.57. The van der Waals surface area contributed by atoms with Crippen LogP contribution in [0.1, 0.15) is 49.4 Å². The molecular formula is C18H19N3O4S. The van der Waals surface area contributed by atoms with E-state index in [-0.39, 0.29) is 17.2 Å². The molecule has 1 atom stereocenters. The Labute approximate surface area is 154 Å². The summed E-state index contributed by atoms with van der Waals surface area (Å²) < 4.78 is 0. The average Bonchev–Trinajstić information content (AvgIpc) is 3.02. The molecule has 1 aromatic heterocycles. The number of nitro benzene ring substituents is 1. The third-order valence-electron chi connectivity index (χ3n) is 4.50. The Hall–Kier alpha value is -2.74. The van der Waals surface area contributed by atoms with E-state index < -0.39 is 10.8 Å². The number of benzene rings is 1. The van der Waals surface area contributed by atoms with Crippen molar-refractivity contribution < 1.29 is 14.5 Å². The van der Waals surface area contributed by atoms with E-state index in [0.717, 1.165) is 19.3 Å². The van der Waals surface area contributed by atoms with E-state index in [1.54, 1.807) is 6.92 Å². The molecule has 1 heterocycles. The van der Waals surface area contributed by atoms with Crippen LogP contribution in [0.5, 0.6) is 0 Å². The zero-order valence-corrected chi connectivity index (χ0v) is 15.3. The van der Waals surface area contributed by atoms with Crippen LogP contribution in [0.4, 0.5) is 5.69 Å². The van der Waals surface area contributed by atoms with Crippen LogP contribution in [-0.4, -0.2) is 16.7 Å². The summed E-state index contributed by atoms with van der Waals surface area (Å²) in [4.78, 5) is 36.6. The minimum atomic E-state index is -0.522. The summed E-state index contributed by atoms with van der Waals surface area (Å²) in [6, 6.07) is 5.95. The van der Waals surface area contributed by atoms with Crippen molar-refractivity contribution in [2.45, 2.75) is 33.1 Å². The van der Waals surface area contributed by atoms with Crippen LogP contribution in [0.2, 0.25) is 0 Å². The predicted octanol–water partition coefficient (Wildman–Crippen LogP) is 3.16. The van der Waals surface area contributed by atoms with Gasteiger partial charge in [-0.05, 0) is 55.9 Å². The summed E-state index contributed by atoms with van der Waals surface area (Å²) >= 11 is 1.46. The zero-order chi connectivity index (χ0) is 18.8. The van der Waals surface area contributed by atoms with Crippen LogP contribution < -0.4 is 10.9 Å². The van der Waals surface area contributed by atoms with E-state index in [0.29, 0.717) is 16.4 Å². The van der Waals surface area contributed by atoms with Crippen LogP contribution in [0.15, 0.2) is 24.3 Å². The highest BCUT2D eigenvalue weighted by Crippen LogP contribution is 2.32. The first-order chi connectivity index (χ1) is 12.3. The number of fused-ring (bicyclic) bond motifs is 1. The van der Waals surface area contributed by atoms with Crippen LogP contribution in [0, 0.1) is 23.0 Å². The van der Waals surface area contributed by atoms with Gasteiger partial charge in [0.05, 0.1) is 9.80 Å². The number of hydrazine groups is 1. The summed E-state index contributed by atoms with van der Waals surface area (Å²) in [5.74, 6) is -0.256. The third kappa shape index (κ3) is 3.75. The Balaban J connectivity index is 1.63. The van der Waals surface area contributed by atoms with Gasteiger partial charge in [-0.1, -0.05) is 6.92 Å². The van der Waals surface area contributed by atoms with Gasteiger partial charge in [-0.2, -0.15) is 0 Å². The Kier molecular flexibility index (Phi) is 5.03. The highest BCUT2D eigenvalue weighted by Gasteiger charge is 2.21. The average molecular weight is 373 g/mol. The number of aryl methyl sites for hydroxylation is 2. The van der Waals surface area contributed by atoms with Crippen molar-refractivity contribution in [3.05, 3.63) is 60.8 Å². The van der Waals surface area contributed by atoms with Crippen LogP contribution >= 0.6 is 11.3 Å². The molecule has 0 spiro atoms. The van der Waals surface area contributed by atoms with E-state index in [2.05, 4.69) is 17.8 Å². The molecule has 0 saturated carbocycles. The number of nitro groups is 1. The van der Waals surface area contributed by atoms with Crippen molar-refractivity contribution in [3.8, 4) is 0 Å². The van der Waals surface area contributed by atoms with Gasteiger partial charge in [-0.15, -0.1) is 11.3 Å². The number of hydrogen-bond acceptors (Lipinski definition) is 5. The van der Waals surface area contributed by atoms with Crippen molar-refractivity contribution in [1.82, 2.24) is 10.9 Å². The van der Waals surface area contributed by atoms with E-state index in [9.17, 15) is 19.7 Å². The minimum Gasteiger partial charge on any atom is -0.267 e. The van der Waals surface area contributed by atoms with Crippen LogP contribution in [0.25, 0.3) is 0 Å². The lowest BCUT2D eigenvalue weighted by atomic mass is 9.90. The molecule has 8 heteroatoms. The van der Waals surface area contributed by atoms with Crippen molar-refractivity contribution in [1.29, 1.82) is 0 Å². The normalized spacial score (nSPS) is 15.8. The number of nitrogens with zero attached hydrogens (tertiary/aromatic N) is 1. The van der Waals surface area contributed by atoms with E-state index in [1.165, 1.54) is 40.0 Å². The van der Waals surface area contributed by atoms with Crippen LogP contribution in [0.3, 0.4) is 0 Å². The lowest BCUT2D eigenvalue weighted by Crippen LogP contribution is -2.41. The topological polar surface area (TPSA) is 101 Å². The number of hydrogen-bond donors (Lipinski definition) is 2. The Bertz CT molecular complexity index is 891. The molecule has 0 unspecified atom stereocenters. The van der Waals surface area contributed by atoms with Gasteiger partial charge in [-0.3, -0.25) is 30.6 Å². The second-order valence-corrected chi connectivity index (χ2v) is 7.71. The quantitative estimate of drug-likeness (QED) is 0.637. The fraction of sp³-hybridized carbons (Fsp3) is 0.333. The second-order valence-electron chi connectivity index (χ2n) is 6.57. The van der Waals surface area contributed by atoms with Gasteiger partial charge >= 0.3 is 0 Å². The third-order valence-corrected chi connectivity index (χ3v) is 5.73. The molecule has 0 aliphatic heterocycles.